The molecule has 1 amide bonds. The maximum atomic E-state index is 12.2. The van der Waals surface area contributed by atoms with Crippen LogP contribution in [0, 0.1) is 0 Å². The molecular weight excluding hydrogens is 323 g/mol. The summed E-state index contributed by atoms with van der Waals surface area (Å²) in [7, 11) is 1.57. The fourth-order valence-corrected chi connectivity index (χ4v) is 2.04. The van der Waals surface area contributed by atoms with Gasteiger partial charge < -0.3 is 14.8 Å². The maximum Gasteiger partial charge on any atom is 0.573 e. The minimum Gasteiger partial charge on any atom is -0.497 e. The highest BCUT2D eigenvalue weighted by atomic mass is 19.4. The number of amides is 1. The molecule has 7 heteroatoms. The van der Waals surface area contributed by atoms with Crippen molar-refractivity contribution in [2.45, 2.75) is 19.2 Å². The molecule has 0 saturated carbocycles. The maximum absolute atomic E-state index is 12.2. The second-order valence-electron chi connectivity index (χ2n) is 4.97. The third-order valence-electron chi connectivity index (χ3n) is 3.15. The number of anilines is 1. The lowest BCUT2D eigenvalue weighted by molar-refractivity contribution is -0.274. The minimum atomic E-state index is -4.77. The normalized spacial score (nSPS) is 11.0. The number of alkyl halides is 3. The highest BCUT2D eigenvalue weighted by Crippen LogP contribution is 2.25. The van der Waals surface area contributed by atoms with E-state index in [1.54, 1.807) is 19.2 Å². The zero-order valence-electron chi connectivity index (χ0n) is 12.9. The smallest absolute Gasteiger partial charge is 0.497 e. The van der Waals surface area contributed by atoms with E-state index >= 15 is 0 Å². The molecule has 0 aromatic heterocycles. The summed E-state index contributed by atoms with van der Waals surface area (Å²) in [5.74, 6) is 0.0510. The van der Waals surface area contributed by atoms with Crippen molar-refractivity contribution in [3.63, 3.8) is 0 Å². The molecule has 0 aliphatic rings. The summed E-state index contributed by atoms with van der Waals surface area (Å²) in [5, 5.41) is 2.55. The number of rotatable bonds is 6. The molecule has 0 heterocycles. The van der Waals surface area contributed by atoms with Crippen molar-refractivity contribution in [3.05, 3.63) is 54.1 Å². The van der Waals surface area contributed by atoms with Gasteiger partial charge in [0.2, 0.25) is 5.91 Å². The number of halogens is 3. The summed E-state index contributed by atoms with van der Waals surface area (Å²) in [6, 6.07) is 12.5. The van der Waals surface area contributed by atoms with E-state index in [0.29, 0.717) is 6.42 Å². The molecule has 24 heavy (non-hydrogen) atoms. The van der Waals surface area contributed by atoms with Crippen LogP contribution in [0.1, 0.15) is 12.0 Å². The molecule has 0 aliphatic carbocycles. The van der Waals surface area contributed by atoms with E-state index in [0.717, 1.165) is 17.4 Å². The van der Waals surface area contributed by atoms with Gasteiger partial charge in [-0.2, -0.15) is 0 Å². The van der Waals surface area contributed by atoms with Gasteiger partial charge in [0.1, 0.15) is 11.5 Å². The van der Waals surface area contributed by atoms with Gasteiger partial charge in [-0.1, -0.05) is 18.2 Å². The Kier molecular flexibility index (Phi) is 5.68. The van der Waals surface area contributed by atoms with Crippen LogP contribution in [0.4, 0.5) is 18.9 Å². The first-order valence-electron chi connectivity index (χ1n) is 7.14. The van der Waals surface area contributed by atoms with Crippen molar-refractivity contribution in [3.8, 4) is 11.5 Å². The highest BCUT2D eigenvalue weighted by molar-refractivity contribution is 5.91. The van der Waals surface area contributed by atoms with E-state index in [1.165, 1.54) is 18.2 Å². The summed E-state index contributed by atoms with van der Waals surface area (Å²) >= 11 is 0. The zero-order valence-corrected chi connectivity index (χ0v) is 12.9. The molecule has 0 spiro atoms. The number of carbonyl (C=O) groups is 1. The SMILES string of the molecule is COc1ccc(CCC(=O)Nc2cccc(OC(F)(F)F)c2)cc1. The Balaban J connectivity index is 1.88. The van der Waals surface area contributed by atoms with Crippen LogP contribution >= 0.6 is 0 Å². The predicted octanol–water partition coefficient (Wildman–Crippen LogP) is 4.17. The fourth-order valence-electron chi connectivity index (χ4n) is 2.04. The number of aryl methyl sites for hydroxylation is 1. The zero-order chi connectivity index (χ0) is 17.6. The number of benzene rings is 2. The van der Waals surface area contributed by atoms with Crippen LogP contribution in [0.25, 0.3) is 0 Å². The second kappa shape index (κ2) is 7.72. The van der Waals surface area contributed by atoms with Gasteiger partial charge in [-0.05, 0) is 36.2 Å². The average molecular weight is 339 g/mol. The Labute approximate surface area is 137 Å². The lowest BCUT2D eigenvalue weighted by atomic mass is 10.1. The third kappa shape index (κ3) is 5.83. The van der Waals surface area contributed by atoms with E-state index in [4.69, 9.17) is 4.74 Å². The van der Waals surface area contributed by atoms with Gasteiger partial charge in [-0.15, -0.1) is 13.2 Å². The number of nitrogens with one attached hydrogen (secondary N) is 1. The van der Waals surface area contributed by atoms with Crippen LogP contribution in [0.15, 0.2) is 48.5 Å². The molecule has 0 saturated heterocycles. The van der Waals surface area contributed by atoms with E-state index in [-0.39, 0.29) is 23.8 Å². The average Bonchev–Trinajstić information content (AvgIpc) is 2.52. The predicted molar refractivity (Wildman–Crippen MR) is 83.1 cm³/mol. The molecule has 1 N–H and O–H groups in total. The molecule has 0 bridgehead atoms. The van der Waals surface area contributed by atoms with Gasteiger partial charge in [0.05, 0.1) is 7.11 Å². The summed E-state index contributed by atoms with van der Waals surface area (Å²) in [6.45, 7) is 0. The van der Waals surface area contributed by atoms with Gasteiger partial charge >= 0.3 is 6.36 Å². The van der Waals surface area contributed by atoms with E-state index < -0.39 is 6.36 Å². The van der Waals surface area contributed by atoms with E-state index in [2.05, 4.69) is 10.1 Å². The first kappa shape index (κ1) is 17.7. The van der Waals surface area contributed by atoms with Crippen LogP contribution in [0.5, 0.6) is 11.5 Å². The number of methoxy groups -OCH3 is 1. The van der Waals surface area contributed by atoms with Gasteiger partial charge in [-0.3, -0.25) is 4.79 Å². The lowest BCUT2D eigenvalue weighted by Gasteiger charge is -2.11. The van der Waals surface area contributed by atoms with Crippen molar-refractivity contribution in [2.75, 3.05) is 12.4 Å². The molecular formula is C17H16F3NO3. The summed E-state index contributed by atoms with van der Waals surface area (Å²) in [5.41, 5.74) is 1.21. The molecule has 2 rings (SSSR count). The molecule has 0 aliphatic heterocycles. The summed E-state index contributed by atoms with van der Waals surface area (Å²) in [6.07, 6.45) is -4.05. The molecule has 4 nitrogen and oxygen atoms in total. The molecule has 2 aromatic carbocycles. The topological polar surface area (TPSA) is 47.6 Å². The Bertz CT molecular complexity index is 684. The van der Waals surface area contributed by atoms with Gasteiger partial charge in [-0.25, -0.2) is 0 Å². The van der Waals surface area contributed by atoms with Crippen LogP contribution < -0.4 is 14.8 Å². The number of hydrogen-bond acceptors (Lipinski definition) is 3. The van der Waals surface area contributed by atoms with Crippen molar-refractivity contribution in [1.29, 1.82) is 0 Å². The van der Waals surface area contributed by atoms with Crippen LogP contribution in [0.3, 0.4) is 0 Å². The molecule has 0 radical (unpaired) electrons. The lowest BCUT2D eigenvalue weighted by Crippen LogP contribution is -2.17. The van der Waals surface area contributed by atoms with Crippen LogP contribution in [0.2, 0.25) is 0 Å². The first-order valence-corrected chi connectivity index (χ1v) is 7.14. The quantitative estimate of drug-likeness (QED) is 0.859. The van der Waals surface area contributed by atoms with Gasteiger partial charge in [0.15, 0.2) is 0 Å². The molecule has 0 unspecified atom stereocenters. The Hall–Kier alpha value is -2.70. The molecule has 0 atom stereocenters. The van der Waals surface area contributed by atoms with Crippen molar-refractivity contribution in [1.82, 2.24) is 0 Å². The highest BCUT2D eigenvalue weighted by Gasteiger charge is 2.31. The van der Waals surface area contributed by atoms with Crippen molar-refractivity contribution < 1.29 is 27.4 Å². The van der Waals surface area contributed by atoms with Crippen molar-refractivity contribution >= 4 is 11.6 Å². The van der Waals surface area contributed by atoms with E-state index in [9.17, 15) is 18.0 Å². The number of hydrogen-bond donors (Lipinski definition) is 1. The molecule has 2 aromatic rings. The second-order valence-corrected chi connectivity index (χ2v) is 4.97. The fraction of sp³-hybridized carbons (Fsp3) is 0.235. The number of carbonyl (C=O) groups excluding carboxylic acids is 1. The Morgan fingerprint density at radius 3 is 2.42 bits per heavy atom. The first-order chi connectivity index (χ1) is 11.4. The number of ether oxygens (including phenoxy) is 2. The molecule has 0 fully saturated rings. The van der Waals surface area contributed by atoms with Gasteiger partial charge in [0.25, 0.3) is 0 Å². The largest absolute Gasteiger partial charge is 0.573 e. The molecule has 128 valence electrons. The summed E-state index contributed by atoms with van der Waals surface area (Å²) in [4.78, 5) is 11.9. The minimum absolute atomic E-state index is 0.205. The Morgan fingerprint density at radius 1 is 1.08 bits per heavy atom. The van der Waals surface area contributed by atoms with Crippen LogP contribution in [-0.4, -0.2) is 19.4 Å². The van der Waals surface area contributed by atoms with Crippen LogP contribution in [-0.2, 0) is 11.2 Å². The van der Waals surface area contributed by atoms with Gasteiger partial charge in [0, 0.05) is 18.2 Å². The third-order valence-corrected chi connectivity index (χ3v) is 3.15. The monoisotopic (exact) mass is 339 g/mol. The standard InChI is InChI=1S/C17H16F3NO3/c1-23-14-8-5-12(6-9-14)7-10-16(22)21-13-3-2-4-15(11-13)24-17(18,19)20/h2-6,8-9,11H,7,10H2,1H3,(H,21,22). The summed E-state index contributed by atoms with van der Waals surface area (Å²) < 4.78 is 45.4. The Morgan fingerprint density at radius 2 is 1.79 bits per heavy atom. The van der Waals surface area contributed by atoms with E-state index in [1.807, 2.05) is 12.1 Å². The van der Waals surface area contributed by atoms with Crippen molar-refractivity contribution in [2.24, 2.45) is 0 Å².